The highest BCUT2D eigenvalue weighted by Crippen LogP contribution is 2.34. The molecule has 7 heteroatoms. The lowest BCUT2D eigenvalue weighted by Crippen LogP contribution is -2.35. The number of fused-ring (bicyclic) bond motifs is 1. The number of nitrogens with zero attached hydrogens (tertiary/aromatic N) is 2. The van der Waals surface area contributed by atoms with Crippen molar-refractivity contribution in [1.29, 1.82) is 0 Å². The second-order valence-electron chi connectivity index (χ2n) is 4.50. The quantitative estimate of drug-likeness (QED) is 0.887. The van der Waals surface area contributed by atoms with Crippen LogP contribution >= 0.6 is 22.9 Å². The first-order valence-corrected chi connectivity index (χ1v) is 6.97. The fraction of sp³-hybridized carbons (Fsp3) is 0.333. The minimum absolute atomic E-state index is 0.228. The number of benzene rings is 1. The molecule has 1 saturated heterocycles. The molecule has 1 aliphatic rings. The first-order chi connectivity index (χ1) is 9.04. The summed E-state index contributed by atoms with van der Waals surface area (Å²) in [6, 6.07) is 4.65. The highest BCUT2D eigenvalue weighted by atomic mass is 35.5. The average Bonchev–Trinajstić information content (AvgIpc) is 2.91. The third kappa shape index (κ3) is 2.27. The van der Waals surface area contributed by atoms with E-state index in [-0.39, 0.29) is 6.42 Å². The zero-order valence-corrected chi connectivity index (χ0v) is 11.4. The Balaban J connectivity index is 2.01. The number of carbonyl (C=O) groups is 1. The number of β-amino-alcohol motifs (C(OH)–C–C–N with tert-alkyl or cyclic N) is 1. The molecule has 1 fully saturated rings. The van der Waals surface area contributed by atoms with Gasteiger partial charge < -0.3 is 15.1 Å². The van der Waals surface area contributed by atoms with E-state index in [4.69, 9.17) is 11.6 Å². The van der Waals surface area contributed by atoms with Crippen molar-refractivity contribution in [3.8, 4) is 0 Å². The van der Waals surface area contributed by atoms with Crippen LogP contribution < -0.4 is 4.90 Å². The van der Waals surface area contributed by atoms with Crippen molar-refractivity contribution in [2.24, 2.45) is 0 Å². The molecule has 0 radical (unpaired) electrons. The van der Waals surface area contributed by atoms with E-state index in [0.717, 1.165) is 10.2 Å². The fourth-order valence-electron chi connectivity index (χ4n) is 2.27. The van der Waals surface area contributed by atoms with E-state index in [1.165, 1.54) is 11.3 Å². The monoisotopic (exact) mass is 298 g/mol. The van der Waals surface area contributed by atoms with Crippen molar-refractivity contribution in [2.45, 2.75) is 18.6 Å². The van der Waals surface area contributed by atoms with E-state index in [1.807, 2.05) is 0 Å². The summed E-state index contributed by atoms with van der Waals surface area (Å²) >= 11 is 7.31. The maximum atomic E-state index is 11.2. The van der Waals surface area contributed by atoms with E-state index < -0.39 is 18.1 Å². The summed E-state index contributed by atoms with van der Waals surface area (Å²) in [6.45, 7) is 0.296. The molecule has 1 aromatic carbocycles. The lowest BCUT2D eigenvalue weighted by molar-refractivity contribution is -0.138. The van der Waals surface area contributed by atoms with Gasteiger partial charge in [0, 0.05) is 18.0 Å². The van der Waals surface area contributed by atoms with Crippen molar-refractivity contribution in [2.75, 3.05) is 11.4 Å². The molecule has 2 N–H and O–H groups in total. The number of carboxylic acids is 1. The Bertz CT molecular complexity index is 645. The number of hydrogen-bond acceptors (Lipinski definition) is 5. The Morgan fingerprint density at radius 1 is 1.53 bits per heavy atom. The summed E-state index contributed by atoms with van der Waals surface area (Å²) in [5.74, 6) is -0.936. The Kier molecular flexibility index (Phi) is 3.08. The molecule has 1 aromatic heterocycles. The molecule has 2 atom stereocenters. The van der Waals surface area contributed by atoms with Crippen LogP contribution in [0.4, 0.5) is 5.13 Å². The molecule has 2 heterocycles. The van der Waals surface area contributed by atoms with E-state index in [2.05, 4.69) is 4.98 Å². The molecular weight excluding hydrogens is 288 g/mol. The third-order valence-electron chi connectivity index (χ3n) is 3.15. The predicted molar refractivity (Wildman–Crippen MR) is 74.0 cm³/mol. The van der Waals surface area contributed by atoms with Crippen molar-refractivity contribution in [3.63, 3.8) is 0 Å². The van der Waals surface area contributed by atoms with Crippen molar-refractivity contribution >= 4 is 44.3 Å². The first kappa shape index (κ1) is 12.7. The molecule has 100 valence electrons. The summed E-state index contributed by atoms with van der Waals surface area (Å²) in [5, 5.41) is 20.1. The minimum Gasteiger partial charge on any atom is -0.480 e. The van der Waals surface area contributed by atoms with Gasteiger partial charge in [0.15, 0.2) is 5.13 Å². The lowest BCUT2D eigenvalue weighted by Gasteiger charge is -2.19. The minimum atomic E-state index is -0.936. The summed E-state index contributed by atoms with van der Waals surface area (Å²) in [6.07, 6.45) is -0.400. The molecule has 0 spiro atoms. The largest absolute Gasteiger partial charge is 0.480 e. The Labute approximate surface area is 118 Å². The number of halogens is 1. The molecule has 0 bridgehead atoms. The second kappa shape index (κ2) is 4.63. The molecule has 0 unspecified atom stereocenters. The van der Waals surface area contributed by atoms with E-state index >= 15 is 0 Å². The number of aliphatic hydroxyl groups is 1. The lowest BCUT2D eigenvalue weighted by atomic mass is 10.2. The van der Waals surface area contributed by atoms with Crippen LogP contribution in [0.25, 0.3) is 10.2 Å². The molecule has 5 nitrogen and oxygen atoms in total. The molecule has 0 saturated carbocycles. The van der Waals surface area contributed by atoms with Crippen molar-refractivity contribution in [1.82, 2.24) is 4.98 Å². The van der Waals surface area contributed by atoms with E-state index in [1.54, 1.807) is 23.1 Å². The van der Waals surface area contributed by atoms with Crippen LogP contribution in [0.2, 0.25) is 5.02 Å². The van der Waals surface area contributed by atoms with Gasteiger partial charge in [0.05, 0.1) is 16.3 Å². The van der Waals surface area contributed by atoms with Crippen LogP contribution in [0, 0.1) is 0 Å². The number of anilines is 1. The van der Waals surface area contributed by atoms with Gasteiger partial charge in [0.2, 0.25) is 0 Å². The maximum Gasteiger partial charge on any atom is 0.326 e. The van der Waals surface area contributed by atoms with E-state index in [0.29, 0.717) is 16.7 Å². The van der Waals surface area contributed by atoms with Crippen LogP contribution in [0.15, 0.2) is 18.2 Å². The Morgan fingerprint density at radius 2 is 2.32 bits per heavy atom. The summed E-state index contributed by atoms with van der Waals surface area (Å²) in [4.78, 5) is 17.3. The van der Waals surface area contributed by atoms with E-state index in [9.17, 15) is 15.0 Å². The smallest absolute Gasteiger partial charge is 0.326 e. The number of aliphatic hydroxyl groups excluding tert-OH is 1. The van der Waals surface area contributed by atoms with Crippen LogP contribution in [0.1, 0.15) is 6.42 Å². The predicted octanol–water partition coefficient (Wildman–Crippen LogP) is 1.97. The molecule has 0 amide bonds. The SMILES string of the molecule is O=C(O)[C@@H]1C[C@@H](O)CN1c1nc2ccc(Cl)cc2s1. The maximum absolute atomic E-state index is 11.2. The van der Waals surface area contributed by atoms with Gasteiger partial charge in [-0.2, -0.15) is 0 Å². The van der Waals surface area contributed by atoms with Crippen LogP contribution in [0.5, 0.6) is 0 Å². The summed E-state index contributed by atoms with van der Waals surface area (Å²) in [7, 11) is 0. The van der Waals surface area contributed by atoms with Gasteiger partial charge in [-0.05, 0) is 18.2 Å². The number of carboxylic acid groups (broad SMARTS) is 1. The van der Waals surface area contributed by atoms with Crippen LogP contribution in [-0.4, -0.2) is 39.9 Å². The molecule has 19 heavy (non-hydrogen) atoms. The second-order valence-corrected chi connectivity index (χ2v) is 5.95. The zero-order valence-electron chi connectivity index (χ0n) is 9.78. The van der Waals surface area contributed by atoms with Gasteiger partial charge in [-0.25, -0.2) is 9.78 Å². The highest BCUT2D eigenvalue weighted by molar-refractivity contribution is 7.22. The average molecular weight is 299 g/mol. The zero-order chi connectivity index (χ0) is 13.6. The Morgan fingerprint density at radius 3 is 3.05 bits per heavy atom. The molecule has 3 rings (SSSR count). The van der Waals surface area contributed by atoms with Crippen molar-refractivity contribution < 1.29 is 15.0 Å². The van der Waals surface area contributed by atoms with Crippen LogP contribution in [-0.2, 0) is 4.79 Å². The summed E-state index contributed by atoms with van der Waals surface area (Å²) in [5.41, 5.74) is 0.787. The van der Waals surface area contributed by atoms with Gasteiger partial charge in [0.1, 0.15) is 6.04 Å². The fourth-order valence-corrected chi connectivity index (χ4v) is 3.57. The highest BCUT2D eigenvalue weighted by Gasteiger charge is 2.37. The standard InChI is InChI=1S/C12H11ClN2O3S/c13-6-1-2-8-10(3-6)19-12(14-8)15-5-7(16)4-9(15)11(17)18/h1-3,7,9,16H,4-5H2,(H,17,18)/t7-,9+/m1/s1. The number of thiazole rings is 1. The van der Waals surface area contributed by atoms with Gasteiger partial charge in [0.25, 0.3) is 0 Å². The number of aliphatic carboxylic acids is 1. The van der Waals surface area contributed by atoms with Gasteiger partial charge in [-0.3, -0.25) is 0 Å². The topological polar surface area (TPSA) is 73.7 Å². The Hall–Kier alpha value is -1.37. The van der Waals surface area contributed by atoms with Gasteiger partial charge >= 0.3 is 5.97 Å². The number of hydrogen-bond donors (Lipinski definition) is 2. The van der Waals surface area contributed by atoms with Crippen LogP contribution in [0.3, 0.4) is 0 Å². The van der Waals surface area contributed by atoms with Gasteiger partial charge in [-0.15, -0.1) is 0 Å². The first-order valence-electron chi connectivity index (χ1n) is 5.78. The molecule has 0 aliphatic carbocycles. The molecule has 2 aromatic rings. The molecular formula is C12H11ClN2O3S. The molecule has 1 aliphatic heterocycles. The number of rotatable bonds is 2. The van der Waals surface area contributed by atoms with Crippen molar-refractivity contribution in [3.05, 3.63) is 23.2 Å². The normalized spacial score (nSPS) is 23.2. The third-order valence-corrected chi connectivity index (χ3v) is 4.44. The number of aromatic nitrogens is 1. The summed E-state index contributed by atoms with van der Waals surface area (Å²) < 4.78 is 0.910. The van der Waals surface area contributed by atoms with Gasteiger partial charge in [-0.1, -0.05) is 22.9 Å².